The van der Waals surface area contributed by atoms with Gasteiger partial charge in [0.25, 0.3) is 5.56 Å². The molecule has 0 saturated heterocycles. The Morgan fingerprint density at radius 3 is 2.45 bits per heavy atom. The predicted octanol–water partition coefficient (Wildman–Crippen LogP) is 3.56. The summed E-state index contributed by atoms with van der Waals surface area (Å²) in [5.41, 5.74) is 2.48. The highest BCUT2D eigenvalue weighted by atomic mass is 16.5. The highest BCUT2D eigenvalue weighted by Crippen LogP contribution is 2.30. The maximum absolute atomic E-state index is 12.9. The number of Topliss-reactive ketones (excluding diaryl/α,β-unsaturated/α-hetero) is 1. The van der Waals surface area contributed by atoms with Crippen LogP contribution in [0.2, 0.25) is 0 Å². The van der Waals surface area contributed by atoms with Crippen LogP contribution in [0, 0.1) is 0 Å². The fraction of sp³-hybridized carbons (Fsp3) is 0.130. The molecule has 2 heterocycles. The molecule has 1 N–H and O–H groups in total. The molecule has 0 amide bonds. The Kier molecular flexibility index (Phi) is 4.91. The maximum Gasteiger partial charge on any atom is 0.264 e. The molecule has 0 saturated carbocycles. The van der Waals surface area contributed by atoms with Crippen LogP contribution in [-0.2, 0) is 6.54 Å². The minimum atomic E-state index is -0.317. The standard InChI is InChI=1S/C23H20N2O4/c1-28-19-9-8-16(13-20(19)29-2)12-18-22(26)21-17(24-18)10-11-25(23(21)27)14-15-6-4-3-5-7-15/h3-13,24H,14H2,1-2H3. The number of methoxy groups -OCH3 is 2. The number of aromatic nitrogens is 1. The first-order valence-corrected chi connectivity index (χ1v) is 9.13. The summed E-state index contributed by atoms with van der Waals surface area (Å²) < 4.78 is 12.1. The van der Waals surface area contributed by atoms with Gasteiger partial charge >= 0.3 is 0 Å². The third-order valence-electron chi connectivity index (χ3n) is 4.82. The van der Waals surface area contributed by atoms with Gasteiger partial charge in [0.15, 0.2) is 11.5 Å². The van der Waals surface area contributed by atoms with Crippen molar-refractivity contribution >= 4 is 17.5 Å². The van der Waals surface area contributed by atoms with E-state index in [-0.39, 0.29) is 16.9 Å². The molecule has 0 fully saturated rings. The van der Waals surface area contributed by atoms with Crippen LogP contribution in [0.4, 0.5) is 5.69 Å². The molecule has 0 atom stereocenters. The van der Waals surface area contributed by atoms with Gasteiger partial charge in [-0.1, -0.05) is 36.4 Å². The van der Waals surface area contributed by atoms with E-state index in [1.807, 2.05) is 36.4 Å². The van der Waals surface area contributed by atoms with E-state index < -0.39 is 0 Å². The Morgan fingerprint density at radius 1 is 0.966 bits per heavy atom. The van der Waals surface area contributed by atoms with Crippen molar-refractivity contribution in [2.75, 3.05) is 19.5 Å². The Morgan fingerprint density at radius 2 is 1.72 bits per heavy atom. The van der Waals surface area contributed by atoms with Gasteiger partial charge in [-0.05, 0) is 35.4 Å². The highest BCUT2D eigenvalue weighted by Gasteiger charge is 2.28. The molecule has 0 aliphatic carbocycles. The molecule has 0 unspecified atom stereocenters. The average molecular weight is 388 g/mol. The van der Waals surface area contributed by atoms with Crippen molar-refractivity contribution in [3.8, 4) is 11.5 Å². The number of rotatable bonds is 5. The zero-order chi connectivity index (χ0) is 20.4. The van der Waals surface area contributed by atoms with Gasteiger partial charge in [0, 0.05) is 6.20 Å². The van der Waals surface area contributed by atoms with E-state index in [4.69, 9.17) is 9.47 Å². The van der Waals surface area contributed by atoms with Crippen LogP contribution >= 0.6 is 0 Å². The summed E-state index contributed by atoms with van der Waals surface area (Å²) in [5.74, 6) is 0.852. The number of hydrogen-bond acceptors (Lipinski definition) is 5. The third-order valence-corrected chi connectivity index (χ3v) is 4.82. The van der Waals surface area contributed by atoms with Crippen LogP contribution in [0.3, 0.4) is 0 Å². The van der Waals surface area contributed by atoms with Gasteiger partial charge in [-0.15, -0.1) is 0 Å². The Bertz CT molecular complexity index is 1160. The van der Waals surface area contributed by atoms with E-state index in [9.17, 15) is 9.59 Å². The largest absolute Gasteiger partial charge is 0.493 e. The number of nitrogens with zero attached hydrogens (tertiary/aromatic N) is 1. The van der Waals surface area contributed by atoms with Gasteiger partial charge in [-0.2, -0.15) is 0 Å². The van der Waals surface area contributed by atoms with Crippen LogP contribution in [0.25, 0.3) is 6.08 Å². The molecule has 2 aromatic carbocycles. The lowest BCUT2D eigenvalue weighted by Gasteiger charge is -2.08. The summed E-state index contributed by atoms with van der Waals surface area (Å²) in [5, 5.41) is 3.06. The number of benzene rings is 2. The molecular weight excluding hydrogens is 368 g/mol. The Labute approximate surface area is 168 Å². The molecule has 0 bridgehead atoms. The fourth-order valence-corrected chi connectivity index (χ4v) is 3.35. The monoisotopic (exact) mass is 388 g/mol. The molecule has 1 aromatic heterocycles. The first-order valence-electron chi connectivity index (χ1n) is 9.13. The van der Waals surface area contributed by atoms with E-state index >= 15 is 0 Å². The Balaban J connectivity index is 1.66. The number of hydrogen-bond donors (Lipinski definition) is 1. The number of carbonyl (C=O) groups is 1. The van der Waals surface area contributed by atoms with Crippen molar-refractivity contribution in [3.63, 3.8) is 0 Å². The van der Waals surface area contributed by atoms with Gasteiger partial charge in [0.2, 0.25) is 5.78 Å². The topological polar surface area (TPSA) is 69.6 Å². The first-order chi connectivity index (χ1) is 14.1. The zero-order valence-corrected chi connectivity index (χ0v) is 16.1. The van der Waals surface area contributed by atoms with Crippen LogP contribution < -0.4 is 20.3 Å². The first kappa shape index (κ1) is 18.6. The lowest BCUT2D eigenvalue weighted by Crippen LogP contribution is -2.24. The minimum Gasteiger partial charge on any atom is -0.493 e. The van der Waals surface area contributed by atoms with E-state index in [2.05, 4.69) is 5.32 Å². The van der Waals surface area contributed by atoms with Crippen molar-refractivity contribution in [2.24, 2.45) is 0 Å². The third kappa shape index (κ3) is 3.52. The molecule has 1 aliphatic rings. The normalized spacial score (nSPS) is 13.9. The van der Waals surface area contributed by atoms with E-state index in [0.29, 0.717) is 29.4 Å². The fourth-order valence-electron chi connectivity index (χ4n) is 3.35. The van der Waals surface area contributed by atoms with Crippen molar-refractivity contribution < 1.29 is 14.3 Å². The lowest BCUT2D eigenvalue weighted by atomic mass is 10.1. The van der Waals surface area contributed by atoms with E-state index in [1.54, 1.807) is 49.3 Å². The SMILES string of the molecule is COc1ccc(C=C2Nc3ccn(Cc4ccccc4)c(=O)c3C2=O)cc1OC. The number of pyridine rings is 1. The molecular formula is C23H20N2O4. The van der Waals surface area contributed by atoms with Crippen LogP contribution in [-0.4, -0.2) is 24.6 Å². The van der Waals surface area contributed by atoms with Gasteiger partial charge in [-0.3, -0.25) is 9.59 Å². The van der Waals surface area contributed by atoms with Crippen LogP contribution in [0.5, 0.6) is 11.5 Å². The van der Waals surface area contributed by atoms with Crippen LogP contribution in [0.15, 0.2) is 71.3 Å². The molecule has 0 spiro atoms. The van der Waals surface area contributed by atoms with E-state index in [1.165, 1.54) is 0 Å². The quantitative estimate of drug-likeness (QED) is 0.677. The number of ether oxygens (including phenoxy) is 2. The molecule has 1 aliphatic heterocycles. The summed E-state index contributed by atoms with van der Waals surface area (Å²) in [6, 6.07) is 16.8. The average Bonchev–Trinajstić information content (AvgIpc) is 3.06. The second-order valence-corrected chi connectivity index (χ2v) is 6.65. The zero-order valence-electron chi connectivity index (χ0n) is 16.1. The predicted molar refractivity (Wildman–Crippen MR) is 112 cm³/mol. The number of allylic oxidation sites excluding steroid dienone is 1. The highest BCUT2D eigenvalue weighted by molar-refractivity contribution is 6.20. The van der Waals surface area contributed by atoms with Gasteiger partial charge in [0.05, 0.1) is 32.1 Å². The number of ketones is 1. The number of nitrogens with one attached hydrogen (secondary N) is 1. The van der Waals surface area contributed by atoms with Crippen molar-refractivity contribution in [1.82, 2.24) is 4.57 Å². The molecule has 29 heavy (non-hydrogen) atoms. The Hall–Kier alpha value is -3.80. The van der Waals surface area contributed by atoms with Crippen LogP contribution in [0.1, 0.15) is 21.5 Å². The van der Waals surface area contributed by atoms with Crippen molar-refractivity contribution in [3.05, 3.63) is 93.5 Å². The molecule has 4 rings (SSSR count). The summed E-state index contributed by atoms with van der Waals surface area (Å²) in [4.78, 5) is 25.8. The maximum atomic E-state index is 12.9. The number of anilines is 1. The molecule has 0 radical (unpaired) electrons. The second kappa shape index (κ2) is 7.67. The van der Waals surface area contributed by atoms with Gasteiger partial charge in [-0.25, -0.2) is 0 Å². The van der Waals surface area contributed by atoms with Gasteiger partial charge < -0.3 is 19.4 Å². The number of fused-ring (bicyclic) bond motifs is 1. The summed E-state index contributed by atoms with van der Waals surface area (Å²) in [7, 11) is 3.12. The van der Waals surface area contributed by atoms with Gasteiger partial charge in [0.1, 0.15) is 5.56 Å². The number of carbonyl (C=O) groups excluding carboxylic acids is 1. The molecule has 6 nitrogen and oxygen atoms in total. The minimum absolute atomic E-state index is 0.162. The summed E-state index contributed by atoms with van der Waals surface area (Å²) >= 11 is 0. The summed E-state index contributed by atoms with van der Waals surface area (Å²) in [6.07, 6.45) is 3.40. The molecule has 3 aromatic rings. The van der Waals surface area contributed by atoms with Crippen molar-refractivity contribution in [1.29, 1.82) is 0 Å². The smallest absolute Gasteiger partial charge is 0.264 e. The lowest BCUT2D eigenvalue weighted by molar-refractivity contribution is 0.104. The van der Waals surface area contributed by atoms with E-state index in [0.717, 1.165) is 11.1 Å². The van der Waals surface area contributed by atoms with Crippen molar-refractivity contribution in [2.45, 2.75) is 6.54 Å². The molecule has 146 valence electrons. The summed E-state index contributed by atoms with van der Waals surface area (Å²) in [6.45, 7) is 0.412. The molecule has 6 heteroatoms. The second-order valence-electron chi connectivity index (χ2n) is 6.65.